The van der Waals surface area contributed by atoms with Crippen molar-refractivity contribution in [3.05, 3.63) is 66.1 Å². The molecule has 0 aliphatic carbocycles. The fourth-order valence-electron chi connectivity index (χ4n) is 2.87. The van der Waals surface area contributed by atoms with Crippen LogP contribution in [0.4, 0.5) is 0 Å². The Morgan fingerprint density at radius 2 is 1.38 bits per heavy atom. The molecule has 6 nitrogen and oxygen atoms in total. The topological polar surface area (TPSA) is 54.1 Å². The molecule has 3 heterocycles. The largest absolute Gasteiger partial charge is 0.514 e. The van der Waals surface area contributed by atoms with E-state index < -0.39 is 0 Å². The van der Waals surface area contributed by atoms with Crippen LogP contribution in [0.2, 0.25) is 0 Å². The predicted molar refractivity (Wildman–Crippen MR) is 118 cm³/mol. The molecule has 0 unspecified atom stereocenters. The highest BCUT2D eigenvalue weighted by Crippen LogP contribution is 2.36. The minimum atomic E-state index is -0.317. The fourth-order valence-corrected chi connectivity index (χ4v) is 2.87. The number of aryl methyl sites for hydroxylation is 2. The Morgan fingerprint density at radius 3 is 1.90 bits per heavy atom. The lowest BCUT2D eigenvalue weighted by Crippen LogP contribution is -2.41. The van der Waals surface area contributed by atoms with Crippen molar-refractivity contribution in [3.63, 3.8) is 0 Å². The van der Waals surface area contributed by atoms with Crippen molar-refractivity contribution < 1.29 is 9.31 Å². The van der Waals surface area contributed by atoms with E-state index in [9.17, 15) is 0 Å². The molecule has 0 N–H and O–H groups in total. The molecule has 0 spiro atoms. The normalized spacial score (nSPS) is 17.4. The molecule has 0 amide bonds. The van der Waals surface area contributed by atoms with Gasteiger partial charge in [-0.25, -0.2) is 0 Å². The first-order valence-corrected chi connectivity index (χ1v) is 9.74. The second-order valence-electron chi connectivity index (χ2n) is 8.09. The summed E-state index contributed by atoms with van der Waals surface area (Å²) < 4.78 is 15.4. The van der Waals surface area contributed by atoms with Gasteiger partial charge in [-0.1, -0.05) is 36.4 Å². The lowest BCUT2D eigenvalue weighted by atomic mass is 9.85. The van der Waals surface area contributed by atoms with E-state index in [0.717, 1.165) is 11.3 Å². The Labute approximate surface area is 173 Å². The summed E-state index contributed by atoms with van der Waals surface area (Å²) in [5, 5.41) is 8.21. The van der Waals surface area contributed by atoms with E-state index in [2.05, 4.69) is 34.5 Å². The van der Waals surface area contributed by atoms with Crippen LogP contribution in [0, 0.1) is 0 Å². The minimum absolute atomic E-state index is 0.290. The molecule has 1 aromatic carbocycles. The quantitative estimate of drug-likeness (QED) is 0.642. The maximum atomic E-state index is 5.91. The second kappa shape index (κ2) is 8.39. The molecule has 1 aliphatic rings. The predicted octanol–water partition coefficient (Wildman–Crippen LogP) is 3.31. The highest BCUT2D eigenvalue weighted by molar-refractivity contribution is 6.61. The van der Waals surface area contributed by atoms with Gasteiger partial charge in [0.2, 0.25) is 0 Å². The molecule has 29 heavy (non-hydrogen) atoms. The van der Waals surface area contributed by atoms with Crippen LogP contribution in [0.3, 0.4) is 0 Å². The van der Waals surface area contributed by atoms with Crippen LogP contribution >= 0.6 is 0 Å². The molecule has 1 aliphatic heterocycles. The first-order valence-electron chi connectivity index (χ1n) is 9.74. The molecular formula is C22H29BN4O2. The molecule has 1 fully saturated rings. The average Bonchev–Trinajstić information content (AvgIpc) is 3.33. The molecule has 3 aromatic rings. The van der Waals surface area contributed by atoms with E-state index in [4.69, 9.17) is 9.31 Å². The maximum Gasteiger partial charge on any atom is 0.514 e. The van der Waals surface area contributed by atoms with Crippen LogP contribution in [0.1, 0.15) is 39.0 Å². The minimum Gasteiger partial charge on any atom is -0.398 e. The summed E-state index contributed by atoms with van der Waals surface area (Å²) in [5.74, 6) is 0. The third-order valence-corrected chi connectivity index (χ3v) is 5.46. The molecule has 1 saturated heterocycles. The lowest BCUT2D eigenvalue weighted by molar-refractivity contribution is 0.00578. The molecule has 0 atom stereocenters. The molecular weight excluding hydrogens is 363 g/mol. The molecule has 0 bridgehead atoms. The van der Waals surface area contributed by atoms with E-state index in [1.807, 2.05) is 76.8 Å². The standard InChI is InChI=1S/C12H12N2.C10H17BN2O2/c1-14-12(9-10-13-14)8-7-11-5-3-2-4-6-11;1-9(2)10(3,4)15-11(14-9)8-6-7-12-13(8)5/h2-10H,1H3;6-7H,1-5H3. The van der Waals surface area contributed by atoms with Crippen LogP contribution in [0.15, 0.2) is 54.9 Å². The van der Waals surface area contributed by atoms with Gasteiger partial charge >= 0.3 is 7.12 Å². The van der Waals surface area contributed by atoms with Gasteiger partial charge in [0.15, 0.2) is 0 Å². The monoisotopic (exact) mass is 392 g/mol. The summed E-state index contributed by atoms with van der Waals surface area (Å²) in [7, 11) is 3.51. The van der Waals surface area contributed by atoms with Crippen molar-refractivity contribution in [1.29, 1.82) is 0 Å². The Morgan fingerprint density at radius 1 is 0.793 bits per heavy atom. The van der Waals surface area contributed by atoms with Crippen molar-refractivity contribution in [1.82, 2.24) is 19.6 Å². The van der Waals surface area contributed by atoms with Gasteiger partial charge in [0.05, 0.1) is 22.5 Å². The van der Waals surface area contributed by atoms with Gasteiger partial charge in [-0.05, 0) is 51.5 Å². The van der Waals surface area contributed by atoms with E-state index in [0.29, 0.717) is 0 Å². The zero-order chi connectivity index (χ0) is 21.1. The van der Waals surface area contributed by atoms with Gasteiger partial charge in [0.25, 0.3) is 0 Å². The van der Waals surface area contributed by atoms with E-state index in [1.165, 1.54) is 5.56 Å². The smallest absolute Gasteiger partial charge is 0.398 e. The number of hydrogen-bond acceptors (Lipinski definition) is 4. The molecule has 152 valence electrons. The zero-order valence-corrected chi connectivity index (χ0v) is 18.0. The Bertz CT molecular complexity index is 944. The molecule has 4 rings (SSSR count). The van der Waals surface area contributed by atoms with Gasteiger partial charge in [-0.15, -0.1) is 0 Å². The number of benzene rings is 1. The van der Waals surface area contributed by atoms with Crippen molar-refractivity contribution in [3.8, 4) is 0 Å². The van der Waals surface area contributed by atoms with Crippen LogP contribution in [-0.2, 0) is 23.4 Å². The Kier molecular flexibility index (Phi) is 6.10. The number of hydrogen-bond donors (Lipinski definition) is 0. The number of nitrogens with zero attached hydrogens (tertiary/aromatic N) is 4. The number of rotatable bonds is 3. The van der Waals surface area contributed by atoms with E-state index >= 15 is 0 Å². The van der Waals surface area contributed by atoms with Crippen molar-refractivity contribution in [2.75, 3.05) is 0 Å². The SMILES string of the molecule is Cn1nccc1B1OC(C)(C)C(C)(C)O1.Cn1nccc1C=Cc1ccccc1. The third-order valence-electron chi connectivity index (χ3n) is 5.46. The van der Waals surface area contributed by atoms with Gasteiger partial charge in [-0.2, -0.15) is 10.2 Å². The van der Waals surface area contributed by atoms with Crippen LogP contribution in [0.5, 0.6) is 0 Å². The summed E-state index contributed by atoms with van der Waals surface area (Å²) in [6.07, 6.45) is 7.68. The summed E-state index contributed by atoms with van der Waals surface area (Å²) in [6, 6.07) is 14.1. The van der Waals surface area contributed by atoms with Crippen LogP contribution < -0.4 is 5.59 Å². The average molecular weight is 392 g/mol. The summed E-state index contributed by atoms with van der Waals surface area (Å²) in [5.41, 5.74) is 2.68. The molecule has 2 aromatic heterocycles. The van der Waals surface area contributed by atoms with E-state index in [1.54, 1.807) is 17.1 Å². The first kappa shape index (κ1) is 21.1. The molecule has 0 radical (unpaired) electrons. The van der Waals surface area contributed by atoms with Gasteiger partial charge in [0.1, 0.15) is 0 Å². The van der Waals surface area contributed by atoms with Crippen LogP contribution in [0.25, 0.3) is 12.2 Å². The summed E-state index contributed by atoms with van der Waals surface area (Å²) in [6.45, 7) is 8.18. The first-order chi connectivity index (χ1) is 13.7. The van der Waals surface area contributed by atoms with Crippen molar-refractivity contribution in [2.45, 2.75) is 38.9 Å². The number of aromatic nitrogens is 4. The summed E-state index contributed by atoms with van der Waals surface area (Å²) in [4.78, 5) is 0. The summed E-state index contributed by atoms with van der Waals surface area (Å²) >= 11 is 0. The maximum absolute atomic E-state index is 5.91. The Balaban J connectivity index is 0.000000166. The molecule has 7 heteroatoms. The van der Waals surface area contributed by atoms with Crippen molar-refractivity contribution >= 4 is 24.9 Å². The van der Waals surface area contributed by atoms with Gasteiger partial charge in [0, 0.05) is 26.5 Å². The van der Waals surface area contributed by atoms with Crippen molar-refractivity contribution in [2.24, 2.45) is 14.1 Å². The van der Waals surface area contributed by atoms with Crippen LogP contribution in [-0.4, -0.2) is 37.9 Å². The zero-order valence-electron chi connectivity index (χ0n) is 18.0. The highest BCUT2D eigenvalue weighted by atomic mass is 16.7. The van der Waals surface area contributed by atoms with Gasteiger partial charge in [-0.3, -0.25) is 9.36 Å². The second-order valence-corrected chi connectivity index (χ2v) is 8.09. The third kappa shape index (κ3) is 4.86. The van der Waals surface area contributed by atoms with E-state index in [-0.39, 0.29) is 18.3 Å². The lowest BCUT2D eigenvalue weighted by Gasteiger charge is -2.32. The molecule has 0 saturated carbocycles. The van der Waals surface area contributed by atoms with Gasteiger partial charge < -0.3 is 9.31 Å². The Hall–Kier alpha value is -2.64. The highest BCUT2D eigenvalue weighted by Gasteiger charge is 2.52. The fraction of sp³-hybridized carbons (Fsp3) is 0.364.